The quantitative estimate of drug-likeness (QED) is 0.815. The van der Waals surface area contributed by atoms with E-state index in [-0.39, 0.29) is 19.0 Å². The molecular weight excluding hydrogens is 386 g/mol. The molecule has 7 heteroatoms. The van der Waals surface area contributed by atoms with E-state index in [9.17, 15) is 13.2 Å². The van der Waals surface area contributed by atoms with Gasteiger partial charge >= 0.3 is 0 Å². The van der Waals surface area contributed by atoms with E-state index in [1.54, 1.807) is 0 Å². The van der Waals surface area contributed by atoms with Crippen molar-refractivity contribution in [1.29, 1.82) is 0 Å². The van der Waals surface area contributed by atoms with Crippen molar-refractivity contribution in [2.75, 3.05) is 33.7 Å². The van der Waals surface area contributed by atoms with Gasteiger partial charge < -0.3 is 5.32 Å². The van der Waals surface area contributed by atoms with E-state index >= 15 is 0 Å². The molecule has 2 aromatic rings. The molecule has 1 amide bonds. The van der Waals surface area contributed by atoms with E-state index in [0.717, 1.165) is 16.7 Å². The molecule has 0 aliphatic carbocycles. The molecule has 2 aromatic carbocycles. The second-order valence-corrected chi connectivity index (χ2v) is 9.96. The molecule has 0 spiro atoms. The molecule has 156 valence electrons. The molecule has 1 unspecified atom stereocenters. The van der Waals surface area contributed by atoms with Crippen molar-refractivity contribution >= 4 is 16.1 Å². The lowest BCUT2D eigenvalue weighted by Crippen LogP contribution is -2.43. The number of carbonyl (C=O) groups is 1. The fourth-order valence-corrected chi connectivity index (χ4v) is 4.96. The maximum Gasteiger partial charge on any atom is 0.281 e. The van der Waals surface area contributed by atoms with Crippen molar-refractivity contribution < 1.29 is 13.2 Å². The molecule has 1 aliphatic rings. The first-order valence-corrected chi connectivity index (χ1v) is 11.2. The average molecular weight is 416 g/mol. The first-order valence-electron chi connectivity index (χ1n) is 9.81. The van der Waals surface area contributed by atoms with Crippen molar-refractivity contribution in [2.45, 2.75) is 20.3 Å². The van der Waals surface area contributed by atoms with Crippen LogP contribution in [0.2, 0.25) is 0 Å². The Kier molecular flexibility index (Phi) is 6.41. The fraction of sp³-hybridized carbons (Fsp3) is 0.409. The van der Waals surface area contributed by atoms with E-state index in [0.29, 0.717) is 13.0 Å². The van der Waals surface area contributed by atoms with Gasteiger partial charge in [0, 0.05) is 33.7 Å². The van der Waals surface area contributed by atoms with Crippen LogP contribution in [0.15, 0.2) is 42.5 Å². The zero-order valence-electron chi connectivity index (χ0n) is 17.5. The lowest BCUT2D eigenvalue weighted by Gasteiger charge is -2.26. The fourth-order valence-electron chi connectivity index (χ4n) is 3.81. The summed E-state index contributed by atoms with van der Waals surface area (Å²) in [5.41, 5.74) is 5.65. The number of hydrogen-bond donors (Lipinski definition) is 1. The van der Waals surface area contributed by atoms with Crippen LogP contribution in [0, 0.1) is 19.8 Å². The van der Waals surface area contributed by atoms with Crippen LogP contribution < -0.4 is 5.32 Å². The minimum Gasteiger partial charge on any atom is -0.354 e. The molecular formula is C22H29N3O3S. The summed E-state index contributed by atoms with van der Waals surface area (Å²) < 4.78 is 27.8. The number of nitrogens with one attached hydrogen (secondary N) is 1. The molecule has 1 saturated heterocycles. The summed E-state index contributed by atoms with van der Waals surface area (Å²) in [6.07, 6.45) is 0.481. The van der Waals surface area contributed by atoms with Crippen molar-refractivity contribution in [3.8, 4) is 11.1 Å². The molecule has 29 heavy (non-hydrogen) atoms. The van der Waals surface area contributed by atoms with Crippen molar-refractivity contribution in [2.24, 2.45) is 5.92 Å². The SMILES string of the molecule is Cc1ccc(-c2ccccc2CC2CN(S(=O)(=O)N(C)C)CCNC2=O)c(C)c1. The van der Waals surface area contributed by atoms with E-state index < -0.39 is 16.1 Å². The van der Waals surface area contributed by atoms with Gasteiger partial charge in [0.2, 0.25) is 5.91 Å². The molecule has 0 saturated carbocycles. The number of benzene rings is 2. The Balaban J connectivity index is 1.93. The van der Waals surface area contributed by atoms with Crippen LogP contribution >= 0.6 is 0 Å². The Labute approximate surface area is 173 Å². The summed E-state index contributed by atoms with van der Waals surface area (Å²) in [6.45, 7) is 4.93. The van der Waals surface area contributed by atoms with Crippen LogP contribution in [0.1, 0.15) is 16.7 Å². The standard InChI is InChI=1S/C22H29N3O3S/c1-16-9-10-20(17(2)13-16)21-8-6-5-7-18(21)14-19-15-25(12-11-23-22(19)26)29(27,28)24(3)4/h5-10,13,19H,11-12,14-15H2,1-4H3,(H,23,26). The summed E-state index contributed by atoms with van der Waals surface area (Å²) in [4.78, 5) is 12.7. The first-order chi connectivity index (χ1) is 13.7. The van der Waals surface area contributed by atoms with Gasteiger partial charge in [-0.1, -0.05) is 48.0 Å². The van der Waals surface area contributed by atoms with E-state index in [1.165, 1.54) is 33.8 Å². The summed E-state index contributed by atoms with van der Waals surface area (Å²) in [6, 6.07) is 14.4. The van der Waals surface area contributed by atoms with Gasteiger partial charge in [-0.3, -0.25) is 4.79 Å². The molecule has 1 N–H and O–H groups in total. The monoisotopic (exact) mass is 415 g/mol. The molecule has 1 aliphatic heterocycles. The topological polar surface area (TPSA) is 69.7 Å². The zero-order valence-corrected chi connectivity index (χ0v) is 18.3. The predicted molar refractivity (Wildman–Crippen MR) is 116 cm³/mol. The Hall–Kier alpha value is -2.22. The van der Waals surface area contributed by atoms with Gasteiger partial charge in [-0.05, 0) is 42.5 Å². The lowest BCUT2D eigenvalue weighted by atomic mass is 9.89. The predicted octanol–water partition coefficient (Wildman–Crippen LogP) is 2.37. The third-order valence-corrected chi connectivity index (χ3v) is 7.31. The van der Waals surface area contributed by atoms with Crippen LogP contribution in [0.25, 0.3) is 11.1 Å². The third kappa shape index (κ3) is 4.69. The summed E-state index contributed by atoms with van der Waals surface area (Å²) in [7, 11) is -0.544. The largest absolute Gasteiger partial charge is 0.354 e. The van der Waals surface area contributed by atoms with Gasteiger partial charge in [-0.15, -0.1) is 0 Å². The Morgan fingerprint density at radius 1 is 1.10 bits per heavy atom. The Morgan fingerprint density at radius 3 is 2.52 bits per heavy atom. The number of aryl methyl sites for hydroxylation is 2. The highest BCUT2D eigenvalue weighted by Crippen LogP contribution is 2.29. The minimum absolute atomic E-state index is 0.100. The lowest BCUT2D eigenvalue weighted by molar-refractivity contribution is -0.124. The van der Waals surface area contributed by atoms with Crippen LogP contribution in [0.5, 0.6) is 0 Å². The number of rotatable bonds is 5. The van der Waals surface area contributed by atoms with Crippen molar-refractivity contribution in [3.63, 3.8) is 0 Å². The molecule has 0 aromatic heterocycles. The zero-order chi connectivity index (χ0) is 21.2. The second kappa shape index (κ2) is 8.65. The smallest absolute Gasteiger partial charge is 0.281 e. The van der Waals surface area contributed by atoms with Gasteiger partial charge in [0.15, 0.2) is 0 Å². The van der Waals surface area contributed by atoms with E-state index in [4.69, 9.17) is 0 Å². The van der Waals surface area contributed by atoms with Crippen molar-refractivity contribution in [3.05, 3.63) is 59.2 Å². The maximum atomic E-state index is 12.7. The number of amides is 1. The molecule has 3 rings (SSSR count). The highest BCUT2D eigenvalue weighted by molar-refractivity contribution is 7.86. The normalized spacial score (nSPS) is 18.5. The molecule has 0 radical (unpaired) electrons. The highest BCUT2D eigenvalue weighted by atomic mass is 32.2. The maximum absolute atomic E-state index is 12.7. The summed E-state index contributed by atoms with van der Waals surface area (Å²) in [5, 5.41) is 2.87. The Morgan fingerprint density at radius 2 is 1.83 bits per heavy atom. The molecule has 1 fully saturated rings. The molecule has 6 nitrogen and oxygen atoms in total. The second-order valence-electron chi connectivity index (χ2n) is 7.82. The average Bonchev–Trinajstić information content (AvgIpc) is 2.85. The number of carbonyl (C=O) groups excluding carboxylic acids is 1. The highest BCUT2D eigenvalue weighted by Gasteiger charge is 2.33. The van der Waals surface area contributed by atoms with Gasteiger partial charge in [-0.25, -0.2) is 0 Å². The minimum atomic E-state index is -3.57. The van der Waals surface area contributed by atoms with Gasteiger partial charge in [0.05, 0.1) is 5.92 Å². The van der Waals surface area contributed by atoms with E-state index in [1.807, 2.05) is 18.2 Å². The molecule has 1 heterocycles. The van der Waals surface area contributed by atoms with Crippen LogP contribution in [0.3, 0.4) is 0 Å². The van der Waals surface area contributed by atoms with Crippen molar-refractivity contribution in [1.82, 2.24) is 13.9 Å². The Bertz CT molecular complexity index is 1000. The van der Waals surface area contributed by atoms with Crippen LogP contribution in [-0.2, 0) is 21.4 Å². The summed E-state index contributed by atoms with van der Waals surface area (Å²) in [5.74, 6) is -0.545. The number of hydrogen-bond acceptors (Lipinski definition) is 3. The van der Waals surface area contributed by atoms with Crippen LogP contribution in [0.4, 0.5) is 0 Å². The number of nitrogens with zero attached hydrogens (tertiary/aromatic N) is 2. The van der Waals surface area contributed by atoms with Gasteiger partial charge in [-0.2, -0.15) is 17.0 Å². The van der Waals surface area contributed by atoms with Crippen LogP contribution in [-0.4, -0.2) is 56.7 Å². The summed E-state index contributed by atoms with van der Waals surface area (Å²) >= 11 is 0. The van der Waals surface area contributed by atoms with E-state index in [2.05, 4.69) is 43.4 Å². The first kappa shape index (κ1) is 21.5. The van der Waals surface area contributed by atoms with Gasteiger partial charge in [0.1, 0.15) is 0 Å². The molecule has 0 bridgehead atoms. The van der Waals surface area contributed by atoms with Gasteiger partial charge in [0.25, 0.3) is 10.2 Å². The third-order valence-electron chi connectivity index (χ3n) is 5.40. The molecule has 1 atom stereocenters.